The molecule has 0 N–H and O–H groups in total. The molecule has 0 rings (SSSR count). The largest absolute Gasteiger partial charge is 0.371 e. The Morgan fingerprint density at radius 3 is 2.25 bits per heavy atom. The predicted molar refractivity (Wildman–Crippen MR) is 50.2 cm³/mol. The van der Waals surface area contributed by atoms with E-state index in [1.807, 2.05) is 27.7 Å². The Bertz CT molecular complexity index is 146. The van der Waals surface area contributed by atoms with Crippen LogP contribution in [0.15, 0.2) is 0 Å². The van der Waals surface area contributed by atoms with Gasteiger partial charge in [-0.1, -0.05) is 20.8 Å². The smallest absolute Gasteiger partial charge is 0.164 e. The van der Waals surface area contributed by atoms with E-state index in [1.165, 1.54) is 0 Å². The van der Waals surface area contributed by atoms with Crippen LogP contribution in [0.25, 0.3) is 0 Å². The van der Waals surface area contributed by atoms with Crippen LogP contribution in [0.2, 0.25) is 0 Å². The second-order valence-corrected chi connectivity index (χ2v) is 3.81. The minimum atomic E-state index is -0.565. The van der Waals surface area contributed by atoms with Gasteiger partial charge in [0.05, 0.1) is 0 Å². The topological polar surface area (TPSA) is 26.3 Å². The lowest BCUT2D eigenvalue weighted by molar-refractivity contribution is -0.140. The monoisotopic (exact) mass is 172 g/mol. The van der Waals surface area contributed by atoms with Gasteiger partial charge in [0.1, 0.15) is 5.60 Å². The molecule has 0 aromatic carbocycles. The molecule has 0 heterocycles. The number of ketones is 1. The van der Waals surface area contributed by atoms with Crippen molar-refractivity contribution in [1.29, 1.82) is 0 Å². The molecule has 0 saturated heterocycles. The number of methoxy groups -OCH3 is 1. The van der Waals surface area contributed by atoms with Gasteiger partial charge in [-0.2, -0.15) is 0 Å². The molecule has 72 valence electrons. The Hall–Kier alpha value is -0.370. The van der Waals surface area contributed by atoms with Crippen LogP contribution in [0.1, 0.15) is 40.5 Å². The summed E-state index contributed by atoms with van der Waals surface area (Å²) in [5.41, 5.74) is -0.565. The fourth-order valence-corrected chi connectivity index (χ4v) is 1.04. The van der Waals surface area contributed by atoms with Gasteiger partial charge >= 0.3 is 0 Å². The summed E-state index contributed by atoms with van der Waals surface area (Å²) in [4.78, 5) is 11.6. The molecule has 0 amide bonds. The molecular weight excluding hydrogens is 152 g/mol. The minimum absolute atomic E-state index is 0.211. The van der Waals surface area contributed by atoms with Gasteiger partial charge in [0, 0.05) is 13.5 Å². The Balaban J connectivity index is 4.22. The molecular formula is C10H20O2. The van der Waals surface area contributed by atoms with Crippen molar-refractivity contribution < 1.29 is 9.53 Å². The second-order valence-electron chi connectivity index (χ2n) is 3.81. The van der Waals surface area contributed by atoms with Gasteiger partial charge < -0.3 is 4.74 Å². The fourth-order valence-electron chi connectivity index (χ4n) is 1.04. The van der Waals surface area contributed by atoms with E-state index in [1.54, 1.807) is 7.11 Å². The van der Waals surface area contributed by atoms with E-state index < -0.39 is 5.60 Å². The zero-order valence-corrected chi connectivity index (χ0v) is 8.81. The predicted octanol–water partition coefficient (Wildman–Crippen LogP) is 2.42. The van der Waals surface area contributed by atoms with Gasteiger partial charge in [-0.3, -0.25) is 4.79 Å². The van der Waals surface area contributed by atoms with Crippen molar-refractivity contribution in [3.05, 3.63) is 0 Å². The molecule has 1 atom stereocenters. The molecule has 12 heavy (non-hydrogen) atoms. The Morgan fingerprint density at radius 1 is 1.50 bits per heavy atom. The summed E-state index contributed by atoms with van der Waals surface area (Å²) in [7, 11) is 1.60. The molecule has 0 saturated carbocycles. The third kappa shape index (κ3) is 2.94. The van der Waals surface area contributed by atoms with Crippen LogP contribution < -0.4 is 0 Å². The van der Waals surface area contributed by atoms with Crippen LogP contribution in [0.5, 0.6) is 0 Å². The number of ether oxygens (including phenoxy) is 1. The zero-order chi connectivity index (χ0) is 9.78. The first-order valence-electron chi connectivity index (χ1n) is 4.54. The molecule has 0 spiro atoms. The molecule has 0 bridgehead atoms. The Kier molecular flexibility index (Phi) is 4.46. The quantitative estimate of drug-likeness (QED) is 0.636. The van der Waals surface area contributed by atoms with Gasteiger partial charge in [-0.05, 0) is 19.3 Å². The van der Waals surface area contributed by atoms with E-state index in [2.05, 4.69) is 0 Å². The maximum Gasteiger partial charge on any atom is 0.164 e. The molecule has 0 aliphatic heterocycles. The number of Topliss-reactive ketones (excluding diaryl/α,β-unsaturated/α-hetero) is 1. The standard InChI is InChI=1S/C10H20O2/c1-6-10(4,12-5)9(11)7-8(2)3/h8H,6-7H2,1-5H3. The zero-order valence-electron chi connectivity index (χ0n) is 8.81. The normalized spacial score (nSPS) is 16.2. The summed E-state index contributed by atoms with van der Waals surface area (Å²) in [5.74, 6) is 0.626. The molecule has 0 radical (unpaired) electrons. The van der Waals surface area contributed by atoms with Crippen LogP contribution in [-0.2, 0) is 9.53 Å². The van der Waals surface area contributed by atoms with Crippen LogP contribution >= 0.6 is 0 Å². The molecule has 2 nitrogen and oxygen atoms in total. The van der Waals surface area contributed by atoms with E-state index in [9.17, 15) is 4.79 Å². The van der Waals surface area contributed by atoms with Gasteiger partial charge in [0.2, 0.25) is 0 Å². The number of carbonyl (C=O) groups is 1. The summed E-state index contributed by atoms with van der Waals surface area (Å²) in [6, 6.07) is 0. The first kappa shape index (κ1) is 11.6. The Morgan fingerprint density at radius 2 is 2.00 bits per heavy atom. The van der Waals surface area contributed by atoms with E-state index in [0.717, 1.165) is 6.42 Å². The molecule has 1 unspecified atom stereocenters. The Labute approximate surface area is 75.3 Å². The summed E-state index contributed by atoms with van der Waals surface area (Å²) < 4.78 is 5.20. The molecule has 2 heteroatoms. The van der Waals surface area contributed by atoms with E-state index >= 15 is 0 Å². The van der Waals surface area contributed by atoms with Crippen molar-refractivity contribution in [2.24, 2.45) is 5.92 Å². The third-order valence-electron chi connectivity index (χ3n) is 2.31. The van der Waals surface area contributed by atoms with E-state index in [-0.39, 0.29) is 5.78 Å². The number of carbonyl (C=O) groups excluding carboxylic acids is 1. The van der Waals surface area contributed by atoms with Gasteiger partial charge in [-0.15, -0.1) is 0 Å². The summed E-state index contributed by atoms with van der Waals surface area (Å²) in [5, 5.41) is 0. The number of hydrogen-bond acceptors (Lipinski definition) is 2. The van der Waals surface area contributed by atoms with Crippen molar-refractivity contribution in [3.8, 4) is 0 Å². The van der Waals surface area contributed by atoms with E-state index in [0.29, 0.717) is 12.3 Å². The van der Waals surface area contributed by atoms with Crippen molar-refractivity contribution in [2.45, 2.75) is 46.1 Å². The first-order chi connectivity index (χ1) is 5.46. The van der Waals surface area contributed by atoms with Crippen molar-refractivity contribution in [3.63, 3.8) is 0 Å². The lowest BCUT2D eigenvalue weighted by atomic mass is 9.91. The highest BCUT2D eigenvalue weighted by atomic mass is 16.5. The van der Waals surface area contributed by atoms with Gasteiger partial charge in [0.25, 0.3) is 0 Å². The highest BCUT2D eigenvalue weighted by Crippen LogP contribution is 2.19. The number of rotatable bonds is 5. The highest BCUT2D eigenvalue weighted by Gasteiger charge is 2.30. The van der Waals surface area contributed by atoms with Crippen molar-refractivity contribution in [1.82, 2.24) is 0 Å². The minimum Gasteiger partial charge on any atom is -0.371 e. The van der Waals surface area contributed by atoms with Gasteiger partial charge in [0.15, 0.2) is 5.78 Å². The lowest BCUT2D eigenvalue weighted by Crippen LogP contribution is -2.37. The SMILES string of the molecule is CCC(C)(OC)C(=O)CC(C)C. The average molecular weight is 172 g/mol. The summed E-state index contributed by atoms with van der Waals surface area (Å²) in [6.07, 6.45) is 1.35. The lowest BCUT2D eigenvalue weighted by Gasteiger charge is -2.25. The summed E-state index contributed by atoms with van der Waals surface area (Å²) in [6.45, 7) is 7.92. The highest BCUT2D eigenvalue weighted by molar-refractivity contribution is 5.86. The van der Waals surface area contributed by atoms with Crippen molar-refractivity contribution in [2.75, 3.05) is 7.11 Å². The molecule has 0 aliphatic rings. The van der Waals surface area contributed by atoms with Crippen LogP contribution in [0.3, 0.4) is 0 Å². The molecule has 0 aliphatic carbocycles. The van der Waals surface area contributed by atoms with Crippen LogP contribution in [-0.4, -0.2) is 18.5 Å². The number of hydrogen-bond donors (Lipinski definition) is 0. The third-order valence-corrected chi connectivity index (χ3v) is 2.31. The van der Waals surface area contributed by atoms with Crippen LogP contribution in [0.4, 0.5) is 0 Å². The fraction of sp³-hybridized carbons (Fsp3) is 0.900. The average Bonchev–Trinajstić information content (AvgIpc) is 2.02. The maximum absolute atomic E-state index is 11.6. The van der Waals surface area contributed by atoms with Gasteiger partial charge in [-0.25, -0.2) is 0 Å². The second kappa shape index (κ2) is 4.61. The van der Waals surface area contributed by atoms with Crippen LogP contribution in [0, 0.1) is 5.92 Å². The van der Waals surface area contributed by atoms with Crippen molar-refractivity contribution >= 4 is 5.78 Å². The first-order valence-corrected chi connectivity index (χ1v) is 4.54. The molecule has 0 aromatic heterocycles. The van der Waals surface area contributed by atoms with E-state index in [4.69, 9.17) is 4.74 Å². The molecule has 0 aromatic rings. The molecule has 0 fully saturated rings. The summed E-state index contributed by atoms with van der Waals surface area (Å²) >= 11 is 0. The maximum atomic E-state index is 11.6.